The van der Waals surface area contributed by atoms with E-state index in [1.165, 1.54) is 28.2 Å². The maximum absolute atomic E-state index is 13.4. The van der Waals surface area contributed by atoms with Crippen LogP contribution in [0.15, 0.2) is 54.6 Å². The quantitative estimate of drug-likeness (QED) is 0.321. The summed E-state index contributed by atoms with van der Waals surface area (Å²) in [5.41, 5.74) is 5.80. The molecule has 0 radical (unpaired) electrons. The van der Waals surface area contributed by atoms with Crippen molar-refractivity contribution in [1.82, 2.24) is 9.88 Å². The molecule has 3 aromatic rings. The minimum atomic E-state index is -0.494. The molecule has 0 unspecified atom stereocenters. The van der Waals surface area contributed by atoms with E-state index in [0.29, 0.717) is 31.7 Å². The van der Waals surface area contributed by atoms with E-state index in [4.69, 9.17) is 9.47 Å². The number of fused-ring (bicyclic) bond motifs is 2. The zero-order valence-corrected chi connectivity index (χ0v) is 20.8. The number of amides is 2. The summed E-state index contributed by atoms with van der Waals surface area (Å²) in [6, 6.07) is 16.0. The van der Waals surface area contributed by atoms with E-state index in [1.54, 1.807) is 12.1 Å². The number of ether oxygens (including phenoxy) is 2. The summed E-state index contributed by atoms with van der Waals surface area (Å²) in [6.07, 6.45) is 1.32. The normalized spacial score (nSPS) is 11.9. The standard InChI is InChI=1S/C28H32FN3O4/c1-3-13-30-27(33)35-18-22-15-25(32-17-21-8-6-5-7-20(21)16-26(22)32)19-36-28(34)31(14-4-2)24-11-9-23(29)10-12-24/h5-12,15H,3-4,13-14,16-19H2,1-2H3,(H,30,33). The smallest absolute Gasteiger partial charge is 0.414 e. The first-order valence-corrected chi connectivity index (χ1v) is 12.4. The molecule has 36 heavy (non-hydrogen) atoms. The molecule has 0 fully saturated rings. The number of nitrogens with one attached hydrogen (secondary N) is 1. The molecule has 0 spiro atoms. The fourth-order valence-corrected chi connectivity index (χ4v) is 4.40. The molecule has 1 aliphatic rings. The van der Waals surface area contributed by atoms with E-state index < -0.39 is 12.2 Å². The molecule has 2 amide bonds. The number of nitrogens with zero attached hydrogens (tertiary/aromatic N) is 2. The topological polar surface area (TPSA) is 72.8 Å². The van der Waals surface area contributed by atoms with Gasteiger partial charge in [-0.2, -0.15) is 0 Å². The van der Waals surface area contributed by atoms with Crippen molar-refractivity contribution in [2.45, 2.75) is 52.9 Å². The molecule has 1 N–H and O–H groups in total. The van der Waals surface area contributed by atoms with Crippen LogP contribution < -0.4 is 10.2 Å². The average molecular weight is 494 g/mol. The molecule has 2 aromatic carbocycles. The highest BCUT2D eigenvalue weighted by molar-refractivity contribution is 5.87. The second kappa shape index (κ2) is 11.7. The zero-order chi connectivity index (χ0) is 25.5. The van der Waals surface area contributed by atoms with E-state index in [-0.39, 0.29) is 19.0 Å². The third-order valence-electron chi connectivity index (χ3n) is 6.22. The molecule has 7 nitrogen and oxygen atoms in total. The Hall–Kier alpha value is -3.81. The van der Waals surface area contributed by atoms with Crippen molar-refractivity contribution in [1.29, 1.82) is 0 Å². The van der Waals surface area contributed by atoms with E-state index in [0.717, 1.165) is 29.8 Å². The van der Waals surface area contributed by atoms with Gasteiger partial charge < -0.3 is 19.4 Å². The van der Waals surface area contributed by atoms with E-state index in [9.17, 15) is 14.0 Å². The molecule has 0 saturated carbocycles. The van der Waals surface area contributed by atoms with Crippen LogP contribution in [0.2, 0.25) is 0 Å². The van der Waals surface area contributed by atoms with Gasteiger partial charge in [0.2, 0.25) is 0 Å². The zero-order valence-electron chi connectivity index (χ0n) is 20.8. The third kappa shape index (κ3) is 5.87. The van der Waals surface area contributed by atoms with Gasteiger partial charge in [0.15, 0.2) is 0 Å². The van der Waals surface area contributed by atoms with Crippen LogP contribution in [0, 0.1) is 5.82 Å². The fourth-order valence-electron chi connectivity index (χ4n) is 4.40. The lowest BCUT2D eigenvalue weighted by atomic mass is 9.98. The Kier molecular flexibility index (Phi) is 8.25. The molecular formula is C28H32FN3O4. The summed E-state index contributed by atoms with van der Waals surface area (Å²) in [5.74, 6) is -0.359. The molecule has 4 rings (SSSR count). The second-order valence-corrected chi connectivity index (χ2v) is 8.82. The maximum Gasteiger partial charge on any atom is 0.414 e. The Morgan fingerprint density at radius 2 is 1.75 bits per heavy atom. The number of hydrogen-bond donors (Lipinski definition) is 1. The largest absolute Gasteiger partial charge is 0.445 e. The summed E-state index contributed by atoms with van der Waals surface area (Å²) >= 11 is 0. The minimum absolute atomic E-state index is 0.0669. The van der Waals surface area contributed by atoms with Gasteiger partial charge in [0.25, 0.3) is 0 Å². The molecule has 8 heteroatoms. The Morgan fingerprint density at radius 3 is 2.47 bits per heavy atom. The van der Waals surface area contributed by atoms with Crippen LogP contribution in [-0.2, 0) is 35.7 Å². The number of halogens is 1. The lowest BCUT2D eigenvalue weighted by molar-refractivity contribution is 0.139. The Balaban J connectivity index is 1.52. The Morgan fingerprint density at radius 1 is 1.00 bits per heavy atom. The summed E-state index contributed by atoms with van der Waals surface area (Å²) in [6.45, 7) is 5.81. The molecule has 1 aliphatic heterocycles. The number of carbonyl (C=O) groups is 2. The summed E-state index contributed by atoms with van der Waals surface area (Å²) < 4.78 is 26.7. The van der Waals surface area contributed by atoms with E-state index >= 15 is 0 Å². The van der Waals surface area contributed by atoms with Gasteiger partial charge in [-0.1, -0.05) is 38.1 Å². The number of carbonyl (C=O) groups excluding carboxylic acids is 2. The molecule has 0 bridgehead atoms. The van der Waals surface area contributed by atoms with Crippen molar-refractivity contribution in [2.75, 3.05) is 18.0 Å². The molecule has 0 aliphatic carbocycles. The van der Waals surface area contributed by atoms with Crippen molar-refractivity contribution < 1.29 is 23.5 Å². The Bertz CT molecular complexity index is 1210. The van der Waals surface area contributed by atoms with Gasteiger partial charge in [0, 0.05) is 43.0 Å². The molecule has 0 atom stereocenters. The van der Waals surface area contributed by atoms with Crippen LogP contribution in [0.25, 0.3) is 0 Å². The molecule has 1 aromatic heterocycles. The summed E-state index contributed by atoms with van der Waals surface area (Å²) in [4.78, 5) is 26.5. The molecule has 0 saturated heterocycles. The molecular weight excluding hydrogens is 461 g/mol. The summed E-state index contributed by atoms with van der Waals surface area (Å²) in [7, 11) is 0. The number of anilines is 1. The molecule has 190 valence electrons. The predicted octanol–water partition coefficient (Wildman–Crippen LogP) is 5.77. The van der Waals surface area contributed by atoms with E-state index in [2.05, 4.69) is 22.0 Å². The van der Waals surface area contributed by atoms with E-state index in [1.807, 2.05) is 32.0 Å². The minimum Gasteiger partial charge on any atom is -0.445 e. The van der Waals surface area contributed by atoms with Gasteiger partial charge >= 0.3 is 12.2 Å². The average Bonchev–Trinajstić information content (AvgIpc) is 3.23. The highest BCUT2D eigenvalue weighted by Crippen LogP contribution is 2.29. The number of benzene rings is 2. The van der Waals surface area contributed by atoms with Crippen LogP contribution >= 0.6 is 0 Å². The van der Waals surface area contributed by atoms with Crippen LogP contribution in [0.5, 0.6) is 0 Å². The van der Waals surface area contributed by atoms with Gasteiger partial charge in [-0.25, -0.2) is 14.0 Å². The first-order chi connectivity index (χ1) is 17.5. The van der Waals surface area contributed by atoms with Crippen molar-refractivity contribution in [2.24, 2.45) is 0 Å². The lowest BCUT2D eigenvalue weighted by Gasteiger charge is -2.24. The van der Waals surface area contributed by atoms with Gasteiger partial charge in [0.1, 0.15) is 19.0 Å². The predicted molar refractivity (Wildman–Crippen MR) is 135 cm³/mol. The van der Waals surface area contributed by atoms with Gasteiger partial charge in [-0.15, -0.1) is 0 Å². The number of aromatic nitrogens is 1. The highest BCUT2D eigenvalue weighted by atomic mass is 19.1. The van der Waals surface area contributed by atoms with Crippen LogP contribution in [0.1, 0.15) is 54.8 Å². The van der Waals surface area contributed by atoms with Crippen LogP contribution in [-0.4, -0.2) is 29.8 Å². The van der Waals surface area contributed by atoms with Gasteiger partial charge in [-0.3, -0.25) is 4.90 Å². The number of hydrogen-bond acceptors (Lipinski definition) is 4. The van der Waals surface area contributed by atoms with Gasteiger partial charge in [0.05, 0.1) is 5.69 Å². The van der Waals surface area contributed by atoms with Gasteiger partial charge in [-0.05, 0) is 54.3 Å². The lowest BCUT2D eigenvalue weighted by Crippen LogP contribution is -2.32. The SMILES string of the molecule is CCCNC(=O)OCc1cc(COC(=O)N(CCC)c2ccc(F)cc2)n2c1Cc1ccccc1C2. The van der Waals surface area contributed by atoms with Crippen molar-refractivity contribution in [3.05, 3.63) is 88.5 Å². The second-order valence-electron chi connectivity index (χ2n) is 8.82. The van der Waals surface area contributed by atoms with Crippen molar-refractivity contribution >= 4 is 17.9 Å². The maximum atomic E-state index is 13.4. The monoisotopic (exact) mass is 493 g/mol. The Labute approximate surface area is 210 Å². The molecule has 2 heterocycles. The fraction of sp³-hybridized carbons (Fsp3) is 0.357. The van der Waals surface area contributed by atoms with Crippen molar-refractivity contribution in [3.8, 4) is 0 Å². The highest BCUT2D eigenvalue weighted by Gasteiger charge is 2.24. The first kappa shape index (κ1) is 25.3. The van der Waals surface area contributed by atoms with Crippen LogP contribution in [0.3, 0.4) is 0 Å². The van der Waals surface area contributed by atoms with Crippen molar-refractivity contribution in [3.63, 3.8) is 0 Å². The first-order valence-electron chi connectivity index (χ1n) is 12.4. The number of alkyl carbamates (subject to hydrolysis) is 1. The summed E-state index contributed by atoms with van der Waals surface area (Å²) in [5, 5.41) is 2.72. The third-order valence-corrected chi connectivity index (χ3v) is 6.22. The number of rotatable bonds is 9. The van der Waals surface area contributed by atoms with Crippen LogP contribution in [0.4, 0.5) is 19.7 Å².